The molecule has 3 aliphatic rings. The number of nitrogens with one attached hydrogen (secondary N) is 1. The molecule has 4 heterocycles. The average Bonchev–Trinajstić information content (AvgIpc) is 3.76. The molecule has 1 saturated heterocycles. The molecule has 1 aliphatic carbocycles. The van der Waals surface area contributed by atoms with Gasteiger partial charge < -0.3 is 14.5 Å². The second-order valence-corrected chi connectivity index (χ2v) is 11.2. The Morgan fingerprint density at radius 2 is 1.77 bits per heavy atom. The molecule has 0 spiro atoms. The highest BCUT2D eigenvalue weighted by Crippen LogP contribution is 2.35. The Morgan fingerprint density at radius 3 is 2.60 bits per heavy atom. The number of ether oxygens (including phenoxy) is 2. The summed E-state index contributed by atoms with van der Waals surface area (Å²) in [7, 11) is 0. The highest BCUT2D eigenvalue weighted by molar-refractivity contribution is 5.80. The molecule has 2 fully saturated rings. The summed E-state index contributed by atoms with van der Waals surface area (Å²) in [5, 5.41) is 14.2. The van der Waals surface area contributed by atoms with Crippen LogP contribution in [0.5, 0.6) is 11.5 Å². The van der Waals surface area contributed by atoms with Crippen molar-refractivity contribution in [1.82, 2.24) is 35.0 Å². The number of piperazine rings is 1. The molecular weight excluding hydrogens is 506 g/mol. The Kier molecular flexibility index (Phi) is 6.73. The Morgan fingerprint density at radius 1 is 0.975 bits per heavy atom. The van der Waals surface area contributed by atoms with Crippen LogP contribution in [0.2, 0.25) is 0 Å². The van der Waals surface area contributed by atoms with Crippen molar-refractivity contribution in [3.63, 3.8) is 0 Å². The first kappa shape index (κ1) is 25.2. The zero-order chi connectivity index (χ0) is 27.1. The van der Waals surface area contributed by atoms with Gasteiger partial charge in [0.2, 0.25) is 6.79 Å². The van der Waals surface area contributed by atoms with Crippen LogP contribution in [0.1, 0.15) is 67.2 Å². The normalized spacial score (nSPS) is 19.0. The molecule has 208 valence electrons. The third-order valence-corrected chi connectivity index (χ3v) is 8.69. The standard InChI is InChI=1S/C30H35N7O3/c1-2-20-7-9-25-22(15-20)17-24(30(38)31-25)28(29-32-33-34-37(29)23-5-3-4-6-23)36-13-11-35(12-14-36)18-21-8-10-26-27(16-21)40-19-39-26/h7-10,15-17,23,28H,2-6,11-14,18-19H2,1H3,(H,31,38)/t28-/m1/s1. The predicted octanol–water partition coefficient (Wildman–Crippen LogP) is 3.83. The van der Waals surface area contributed by atoms with Crippen molar-refractivity contribution in [2.75, 3.05) is 33.0 Å². The summed E-state index contributed by atoms with van der Waals surface area (Å²) in [6, 6.07) is 14.5. The third kappa shape index (κ3) is 4.75. The number of hydrogen-bond acceptors (Lipinski definition) is 8. The maximum absolute atomic E-state index is 13.6. The number of fused-ring (bicyclic) bond motifs is 2. The number of pyridine rings is 1. The topological polar surface area (TPSA) is 101 Å². The first-order valence-electron chi connectivity index (χ1n) is 14.4. The van der Waals surface area contributed by atoms with E-state index in [1.807, 2.05) is 16.8 Å². The second kappa shape index (κ2) is 10.7. The fourth-order valence-corrected chi connectivity index (χ4v) is 6.46. The first-order valence-corrected chi connectivity index (χ1v) is 14.4. The number of benzene rings is 2. The lowest BCUT2D eigenvalue weighted by Crippen LogP contribution is -2.48. The van der Waals surface area contributed by atoms with Crippen LogP contribution < -0.4 is 15.0 Å². The zero-order valence-electron chi connectivity index (χ0n) is 22.9. The molecule has 10 heteroatoms. The van der Waals surface area contributed by atoms with E-state index in [4.69, 9.17) is 9.47 Å². The number of hydrogen-bond donors (Lipinski definition) is 1. The summed E-state index contributed by atoms with van der Waals surface area (Å²) in [5.41, 5.74) is 3.94. The average molecular weight is 542 g/mol. The smallest absolute Gasteiger partial charge is 0.253 e. The maximum Gasteiger partial charge on any atom is 0.253 e. The van der Waals surface area contributed by atoms with Crippen molar-refractivity contribution in [3.8, 4) is 11.5 Å². The van der Waals surface area contributed by atoms with E-state index in [1.165, 1.54) is 24.0 Å². The van der Waals surface area contributed by atoms with E-state index in [0.717, 1.165) is 80.2 Å². The zero-order valence-corrected chi connectivity index (χ0v) is 22.9. The van der Waals surface area contributed by atoms with Crippen LogP contribution in [0, 0.1) is 0 Å². The summed E-state index contributed by atoms with van der Waals surface area (Å²) < 4.78 is 13.0. The van der Waals surface area contributed by atoms with E-state index in [-0.39, 0.29) is 24.4 Å². The summed E-state index contributed by atoms with van der Waals surface area (Å²) in [4.78, 5) is 21.6. The van der Waals surface area contributed by atoms with Crippen molar-refractivity contribution in [3.05, 3.63) is 75.3 Å². The summed E-state index contributed by atoms with van der Waals surface area (Å²) in [5.74, 6) is 2.40. The molecule has 1 atom stereocenters. The van der Waals surface area contributed by atoms with Gasteiger partial charge in [0.1, 0.15) is 6.04 Å². The molecule has 2 aliphatic heterocycles. The molecule has 4 aromatic rings. The van der Waals surface area contributed by atoms with Crippen LogP contribution >= 0.6 is 0 Å². The summed E-state index contributed by atoms with van der Waals surface area (Å²) >= 11 is 0. The van der Waals surface area contributed by atoms with E-state index in [9.17, 15) is 4.79 Å². The van der Waals surface area contributed by atoms with Crippen LogP contribution in [0.15, 0.2) is 47.3 Å². The number of nitrogens with zero attached hydrogens (tertiary/aromatic N) is 6. The van der Waals surface area contributed by atoms with Gasteiger partial charge >= 0.3 is 0 Å². The monoisotopic (exact) mass is 541 g/mol. The maximum atomic E-state index is 13.6. The van der Waals surface area contributed by atoms with E-state index in [2.05, 4.69) is 67.6 Å². The van der Waals surface area contributed by atoms with Gasteiger partial charge in [0.15, 0.2) is 17.3 Å². The predicted molar refractivity (Wildman–Crippen MR) is 151 cm³/mol. The van der Waals surface area contributed by atoms with Crippen molar-refractivity contribution < 1.29 is 9.47 Å². The van der Waals surface area contributed by atoms with Crippen LogP contribution in [-0.2, 0) is 13.0 Å². The third-order valence-electron chi connectivity index (χ3n) is 8.69. The highest BCUT2D eigenvalue weighted by Gasteiger charge is 2.34. The summed E-state index contributed by atoms with van der Waals surface area (Å²) in [6.45, 7) is 6.63. The van der Waals surface area contributed by atoms with Crippen LogP contribution in [0.25, 0.3) is 10.9 Å². The van der Waals surface area contributed by atoms with Gasteiger partial charge in [0.05, 0.1) is 6.04 Å². The molecular formula is C30H35N7O3. The van der Waals surface area contributed by atoms with Crippen molar-refractivity contribution >= 4 is 10.9 Å². The Balaban J connectivity index is 1.19. The Labute approximate surface area is 232 Å². The van der Waals surface area contributed by atoms with E-state index >= 15 is 0 Å². The molecule has 0 radical (unpaired) electrons. The molecule has 2 aromatic heterocycles. The molecule has 7 rings (SSSR count). The van der Waals surface area contributed by atoms with Crippen molar-refractivity contribution in [2.24, 2.45) is 0 Å². The fraction of sp³-hybridized carbons (Fsp3) is 0.467. The van der Waals surface area contributed by atoms with Crippen LogP contribution in [0.3, 0.4) is 0 Å². The molecule has 0 unspecified atom stereocenters. The minimum absolute atomic E-state index is 0.0782. The Hall–Kier alpha value is -3.76. The molecule has 0 bridgehead atoms. The quantitative estimate of drug-likeness (QED) is 0.377. The highest BCUT2D eigenvalue weighted by atomic mass is 16.7. The molecule has 1 N–H and O–H groups in total. The van der Waals surface area contributed by atoms with Gasteiger partial charge in [-0.2, -0.15) is 0 Å². The lowest BCUT2D eigenvalue weighted by molar-refractivity contribution is 0.0988. The van der Waals surface area contributed by atoms with E-state index in [1.54, 1.807) is 0 Å². The van der Waals surface area contributed by atoms with Crippen molar-refractivity contribution in [1.29, 1.82) is 0 Å². The lowest BCUT2D eigenvalue weighted by Gasteiger charge is -2.39. The number of rotatable bonds is 7. The first-order chi connectivity index (χ1) is 19.7. The number of tetrazole rings is 1. The minimum atomic E-state index is -0.318. The molecule has 1 saturated carbocycles. The van der Waals surface area contributed by atoms with Crippen molar-refractivity contribution in [2.45, 2.75) is 57.7 Å². The fourth-order valence-electron chi connectivity index (χ4n) is 6.46. The largest absolute Gasteiger partial charge is 0.454 e. The van der Waals surface area contributed by atoms with Gasteiger partial charge in [-0.3, -0.25) is 14.6 Å². The Bertz CT molecular complexity index is 1570. The van der Waals surface area contributed by atoms with Gasteiger partial charge in [0, 0.05) is 43.8 Å². The SMILES string of the molecule is CCc1ccc2[nH]c(=O)c([C@H](c3nnnn3C3CCCC3)N3CCN(Cc4ccc5c(c4)OCO5)CC3)cc2c1. The molecule has 2 aromatic carbocycles. The molecule has 40 heavy (non-hydrogen) atoms. The van der Waals surface area contributed by atoms with Gasteiger partial charge in [-0.15, -0.1) is 5.10 Å². The minimum Gasteiger partial charge on any atom is -0.454 e. The van der Waals surface area contributed by atoms with Gasteiger partial charge in [-0.05, 0) is 76.5 Å². The van der Waals surface area contributed by atoms with Crippen LogP contribution in [0.4, 0.5) is 0 Å². The van der Waals surface area contributed by atoms with Gasteiger partial charge in [0.25, 0.3) is 5.56 Å². The number of aromatic amines is 1. The number of aromatic nitrogens is 5. The summed E-state index contributed by atoms with van der Waals surface area (Å²) in [6.07, 6.45) is 5.45. The molecule has 0 amide bonds. The number of H-pyrrole nitrogens is 1. The van der Waals surface area contributed by atoms with Crippen LogP contribution in [-0.4, -0.2) is 68.0 Å². The van der Waals surface area contributed by atoms with Gasteiger partial charge in [-0.1, -0.05) is 31.9 Å². The second-order valence-electron chi connectivity index (χ2n) is 11.2. The van der Waals surface area contributed by atoms with Gasteiger partial charge in [-0.25, -0.2) is 4.68 Å². The van der Waals surface area contributed by atoms with E-state index in [0.29, 0.717) is 5.56 Å². The van der Waals surface area contributed by atoms with E-state index < -0.39 is 0 Å². The number of aryl methyl sites for hydroxylation is 1. The molecule has 10 nitrogen and oxygen atoms in total. The lowest BCUT2D eigenvalue weighted by atomic mass is 10.0.